The SMILES string of the molecule is COC1OC(CN=[N+]=[N-])C(OCCCCCC(=O)[O-])C(O)C1C.[Na+]. The minimum atomic E-state index is -1.06. The van der Waals surface area contributed by atoms with Crippen LogP contribution in [-0.2, 0) is 19.0 Å². The standard InChI is InChI=1S/C14H25N3O6.Na/c1-9-12(20)13(22-7-5-3-4-6-11(18)19)10(8-16-17-15)23-14(9)21-2;/h9-10,12-14,20H,3-8H2,1-2H3,(H,18,19);/q;+1/p-1. The van der Waals surface area contributed by atoms with E-state index < -0.39 is 30.6 Å². The van der Waals surface area contributed by atoms with E-state index in [1.807, 2.05) is 0 Å². The van der Waals surface area contributed by atoms with Crippen molar-refractivity contribution >= 4 is 5.97 Å². The number of hydrogen-bond donors (Lipinski definition) is 1. The number of nitrogens with zero attached hydrogens (tertiary/aromatic N) is 3. The summed E-state index contributed by atoms with van der Waals surface area (Å²) in [5.74, 6) is -1.35. The number of rotatable bonds is 10. The average Bonchev–Trinajstić information content (AvgIpc) is 2.53. The van der Waals surface area contributed by atoms with Gasteiger partial charge in [-0.2, -0.15) is 0 Å². The molecule has 24 heavy (non-hydrogen) atoms. The number of unbranched alkanes of at least 4 members (excludes halogenated alkanes) is 2. The molecule has 0 saturated carbocycles. The Morgan fingerprint density at radius 3 is 2.71 bits per heavy atom. The van der Waals surface area contributed by atoms with E-state index in [-0.39, 0.29) is 48.4 Å². The van der Waals surface area contributed by atoms with Crippen LogP contribution in [0.4, 0.5) is 0 Å². The normalized spacial score (nSPS) is 29.4. The molecule has 5 atom stereocenters. The molecule has 0 amide bonds. The fraction of sp³-hybridized carbons (Fsp3) is 0.929. The average molecular weight is 353 g/mol. The number of carbonyl (C=O) groups is 1. The molecular formula is C14H24N3NaO6. The van der Waals surface area contributed by atoms with Crippen LogP contribution in [0.15, 0.2) is 5.11 Å². The van der Waals surface area contributed by atoms with E-state index in [1.165, 1.54) is 7.11 Å². The quantitative estimate of drug-likeness (QED) is 0.150. The maximum absolute atomic E-state index is 10.4. The zero-order chi connectivity index (χ0) is 17.2. The number of azide groups is 1. The Balaban J connectivity index is 0.00000529. The summed E-state index contributed by atoms with van der Waals surface area (Å²) in [5, 5.41) is 24.2. The third kappa shape index (κ3) is 7.67. The molecule has 0 aromatic carbocycles. The largest absolute Gasteiger partial charge is 1.00 e. The summed E-state index contributed by atoms with van der Waals surface area (Å²) in [7, 11) is 1.48. The van der Waals surface area contributed by atoms with Crippen molar-refractivity contribution in [3.05, 3.63) is 10.4 Å². The van der Waals surface area contributed by atoms with Crippen molar-refractivity contribution in [2.75, 3.05) is 20.3 Å². The summed E-state index contributed by atoms with van der Waals surface area (Å²) >= 11 is 0. The van der Waals surface area contributed by atoms with Crippen molar-refractivity contribution in [1.82, 2.24) is 0 Å². The minimum Gasteiger partial charge on any atom is -0.550 e. The molecule has 1 aliphatic heterocycles. The van der Waals surface area contributed by atoms with E-state index in [4.69, 9.17) is 19.7 Å². The van der Waals surface area contributed by atoms with Crippen molar-refractivity contribution in [3.63, 3.8) is 0 Å². The molecule has 0 aliphatic carbocycles. The topological polar surface area (TPSA) is 137 Å². The molecule has 1 fully saturated rings. The molecule has 0 aromatic rings. The van der Waals surface area contributed by atoms with Crippen LogP contribution in [-0.4, -0.2) is 55.9 Å². The summed E-state index contributed by atoms with van der Waals surface area (Å²) in [6, 6.07) is 0. The second-order valence-electron chi connectivity index (χ2n) is 5.56. The Labute approximate surface area is 163 Å². The molecule has 1 saturated heterocycles. The van der Waals surface area contributed by atoms with Gasteiger partial charge in [-0.1, -0.05) is 18.5 Å². The summed E-state index contributed by atoms with van der Waals surface area (Å²) in [4.78, 5) is 13.0. The van der Waals surface area contributed by atoms with E-state index in [2.05, 4.69) is 10.0 Å². The molecule has 1 rings (SSSR count). The van der Waals surface area contributed by atoms with Crippen LogP contribution in [0.25, 0.3) is 10.4 Å². The summed E-state index contributed by atoms with van der Waals surface area (Å²) in [6.45, 7) is 2.18. The first-order valence-corrected chi connectivity index (χ1v) is 7.69. The van der Waals surface area contributed by atoms with Crippen molar-refractivity contribution in [2.24, 2.45) is 11.0 Å². The number of methoxy groups -OCH3 is 1. The number of ether oxygens (including phenoxy) is 3. The Hall–Kier alpha value is -0.380. The van der Waals surface area contributed by atoms with Crippen molar-refractivity contribution in [2.45, 2.75) is 57.2 Å². The van der Waals surface area contributed by atoms with Crippen molar-refractivity contribution in [1.29, 1.82) is 0 Å². The van der Waals surface area contributed by atoms with Crippen molar-refractivity contribution < 1.29 is 58.8 Å². The monoisotopic (exact) mass is 353 g/mol. The van der Waals surface area contributed by atoms with Crippen LogP contribution in [0, 0.1) is 5.92 Å². The van der Waals surface area contributed by atoms with Crippen LogP contribution in [0.3, 0.4) is 0 Å². The summed E-state index contributed by atoms with van der Waals surface area (Å²) in [5.41, 5.74) is 8.46. The predicted octanol–water partition coefficient (Wildman–Crippen LogP) is -2.64. The zero-order valence-corrected chi connectivity index (χ0v) is 16.5. The van der Waals surface area contributed by atoms with Crippen LogP contribution in [0.1, 0.15) is 32.6 Å². The van der Waals surface area contributed by atoms with Crippen molar-refractivity contribution in [3.8, 4) is 0 Å². The van der Waals surface area contributed by atoms with Gasteiger partial charge < -0.3 is 29.2 Å². The van der Waals surface area contributed by atoms with Gasteiger partial charge in [-0.3, -0.25) is 0 Å². The molecule has 1 aliphatic rings. The number of carboxylic acid groups (broad SMARTS) is 1. The number of aliphatic carboxylic acids is 1. The fourth-order valence-corrected chi connectivity index (χ4v) is 2.56. The first-order valence-electron chi connectivity index (χ1n) is 7.69. The summed E-state index contributed by atoms with van der Waals surface area (Å²) < 4.78 is 16.6. The third-order valence-electron chi connectivity index (χ3n) is 3.87. The summed E-state index contributed by atoms with van der Waals surface area (Å²) in [6.07, 6.45) is -0.709. The van der Waals surface area contributed by atoms with Crippen LogP contribution >= 0.6 is 0 Å². The van der Waals surface area contributed by atoms with Gasteiger partial charge in [0.25, 0.3) is 0 Å². The van der Waals surface area contributed by atoms with Crippen LogP contribution in [0.2, 0.25) is 0 Å². The molecular weight excluding hydrogens is 329 g/mol. The van der Waals surface area contributed by atoms with E-state index in [0.29, 0.717) is 25.9 Å². The predicted molar refractivity (Wildman–Crippen MR) is 78.1 cm³/mol. The maximum atomic E-state index is 10.4. The van der Waals surface area contributed by atoms with Gasteiger partial charge in [-0.25, -0.2) is 0 Å². The van der Waals surface area contributed by atoms with Gasteiger partial charge in [0.05, 0.1) is 18.8 Å². The molecule has 10 heteroatoms. The second kappa shape index (κ2) is 12.9. The molecule has 0 radical (unpaired) electrons. The van der Waals surface area contributed by atoms with E-state index >= 15 is 0 Å². The number of carbonyl (C=O) groups excluding carboxylic acids is 1. The molecule has 1 heterocycles. The van der Waals surface area contributed by atoms with Crippen LogP contribution < -0.4 is 34.7 Å². The Bertz CT molecular complexity index is 421. The molecule has 1 N–H and O–H groups in total. The van der Waals surface area contributed by atoms with Gasteiger partial charge >= 0.3 is 29.6 Å². The Kier molecular flexibility index (Phi) is 12.7. The van der Waals surface area contributed by atoms with Gasteiger partial charge in [0, 0.05) is 30.5 Å². The van der Waals surface area contributed by atoms with Gasteiger partial charge in [0.1, 0.15) is 6.10 Å². The number of aliphatic hydroxyl groups is 1. The maximum Gasteiger partial charge on any atom is 1.00 e. The van der Waals surface area contributed by atoms with E-state index in [1.54, 1.807) is 6.92 Å². The Morgan fingerprint density at radius 1 is 1.42 bits per heavy atom. The van der Waals surface area contributed by atoms with Gasteiger partial charge in [0.15, 0.2) is 6.29 Å². The molecule has 0 aromatic heterocycles. The number of hydrogen-bond acceptors (Lipinski definition) is 7. The van der Waals surface area contributed by atoms with Gasteiger partial charge in [-0.15, -0.1) is 0 Å². The smallest absolute Gasteiger partial charge is 0.550 e. The second-order valence-corrected chi connectivity index (χ2v) is 5.56. The van der Waals surface area contributed by atoms with Gasteiger partial charge in [-0.05, 0) is 24.8 Å². The number of aliphatic hydroxyl groups excluding tert-OH is 1. The third-order valence-corrected chi connectivity index (χ3v) is 3.87. The Morgan fingerprint density at radius 2 is 2.12 bits per heavy atom. The minimum absolute atomic E-state index is 0. The number of carboxylic acids is 1. The van der Waals surface area contributed by atoms with E-state index in [9.17, 15) is 15.0 Å². The first kappa shape index (κ1) is 23.6. The van der Waals surface area contributed by atoms with Gasteiger partial charge in [0.2, 0.25) is 0 Å². The first-order chi connectivity index (χ1) is 11.0. The molecule has 0 spiro atoms. The van der Waals surface area contributed by atoms with E-state index in [0.717, 1.165) is 0 Å². The zero-order valence-electron chi connectivity index (χ0n) is 14.5. The molecule has 5 unspecified atom stereocenters. The van der Waals surface area contributed by atoms with Crippen LogP contribution in [0.5, 0.6) is 0 Å². The molecule has 0 bridgehead atoms. The fourth-order valence-electron chi connectivity index (χ4n) is 2.56. The molecule has 132 valence electrons. The molecule has 9 nitrogen and oxygen atoms in total.